The first kappa shape index (κ1) is 17.9. The van der Waals surface area contributed by atoms with Gasteiger partial charge in [0, 0.05) is 28.2 Å². The van der Waals surface area contributed by atoms with Gasteiger partial charge in [0.25, 0.3) is 0 Å². The minimum atomic E-state index is -4.41. The van der Waals surface area contributed by atoms with Gasteiger partial charge in [-0.25, -0.2) is 4.98 Å². The number of hydrogen-bond acceptors (Lipinski definition) is 2. The molecular formula is C18H17BrF3N3. The van der Waals surface area contributed by atoms with Crippen LogP contribution in [0.3, 0.4) is 0 Å². The molecule has 0 aliphatic rings. The second-order valence-corrected chi connectivity index (χ2v) is 7.64. The molecular weight excluding hydrogens is 395 g/mol. The standard InChI is InChI=1S/C18H17BrF3N3/c1-17(2,23)9-14-16(11-4-3-5-13(19)8-11)24-15-7-6-12(10-25(14)15)18(20,21)22/h3-8,10H,9,23H2,1-2H3. The van der Waals surface area contributed by atoms with Crippen molar-refractivity contribution in [3.05, 3.63) is 58.3 Å². The summed E-state index contributed by atoms with van der Waals surface area (Å²) < 4.78 is 41.7. The molecule has 25 heavy (non-hydrogen) atoms. The summed E-state index contributed by atoms with van der Waals surface area (Å²) in [5, 5.41) is 0. The number of fused-ring (bicyclic) bond motifs is 1. The van der Waals surface area contributed by atoms with Crippen LogP contribution in [0.1, 0.15) is 25.1 Å². The predicted molar refractivity (Wildman–Crippen MR) is 95.3 cm³/mol. The number of alkyl halides is 3. The number of halogens is 4. The topological polar surface area (TPSA) is 43.3 Å². The van der Waals surface area contributed by atoms with Crippen LogP contribution in [-0.4, -0.2) is 14.9 Å². The summed E-state index contributed by atoms with van der Waals surface area (Å²) in [4.78, 5) is 4.55. The van der Waals surface area contributed by atoms with E-state index in [9.17, 15) is 13.2 Å². The first-order chi connectivity index (χ1) is 11.5. The number of rotatable bonds is 3. The molecule has 0 saturated heterocycles. The minimum Gasteiger partial charge on any atom is -0.325 e. The molecule has 3 nitrogen and oxygen atoms in total. The van der Waals surface area contributed by atoms with Crippen molar-refractivity contribution in [3.63, 3.8) is 0 Å². The highest BCUT2D eigenvalue weighted by Crippen LogP contribution is 2.33. The summed E-state index contributed by atoms with van der Waals surface area (Å²) in [6, 6.07) is 9.95. The van der Waals surface area contributed by atoms with Crippen LogP contribution in [0, 0.1) is 0 Å². The third-order valence-electron chi connectivity index (χ3n) is 3.77. The molecule has 0 aliphatic heterocycles. The SMILES string of the molecule is CC(C)(N)Cc1c(-c2cccc(Br)c2)nc2ccc(C(F)(F)F)cn12. The van der Waals surface area contributed by atoms with Crippen LogP contribution in [0.4, 0.5) is 13.2 Å². The Balaban J connectivity index is 2.27. The number of pyridine rings is 1. The van der Waals surface area contributed by atoms with E-state index in [4.69, 9.17) is 5.73 Å². The molecule has 3 rings (SSSR count). The third kappa shape index (κ3) is 3.88. The van der Waals surface area contributed by atoms with Crippen molar-refractivity contribution in [1.82, 2.24) is 9.38 Å². The molecule has 0 fully saturated rings. The molecule has 0 amide bonds. The Bertz CT molecular complexity index is 923. The van der Waals surface area contributed by atoms with Crippen LogP contribution in [-0.2, 0) is 12.6 Å². The van der Waals surface area contributed by atoms with Gasteiger partial charge in [0.1, 0.15) is 5.65 Å². The molecule has 0 spiro atoms. The molecule has 1 aromatic carbocycles. The third-order valence-corrected chi connectivity index (χ3v) is 4.26. The monoisotopic (exact) mass is 411 g/mol. The van der Waals surface area contributed by atoms with Crippen LogP contribution in [0.25, 0.3) is 16.9 Å². The number of benzene rings is 1. The van der Waals surface area contributed by atoms with Crippen molar-refractivity contribution >= 4 is 21.6 Å². The fourth-order valence-corrected chi connectivity index (χ4v) is 3.13. The number of hydrogen-bond donors (Lipinski definition) is 1. The zero-order chi connectivity index (χ0) is 18.4. The summed E-state index contributed by atoms with van der Waals surface area (Å²) >= 11 is 3.42. The molecule has 0 bridgehead atoms. The smallest absolute Gasteiger partial charge is 0.325 e. The van der Waals surface area contributed by atoms with E-state index in [0.717, 1.165) is 22.3 Å². The van der Waals surface area contributed by atoms with Crippen molar-refractivity contribution in [2.24, 2.45) is 5.73 Å². The minimum absolute atomic E-state index is 0.386. The first-order valence-corrected chi connectivity index (χ1v) is 8.47. The molecule has 3 aromatic rings. The molecule has 0 radical (unpaired) electrons. The van der Waals surface area contributed by atoms with Gasteiger partial charge in [-0.1, -0.05) is 28.1 Å². The van der Waals surface area contributed by atoms with Crippen LogP contribution in [0.5, 0.6) is 0 Å². The second-order valence-electron chi connectivity index (χ2n) is 6.73. The molecule has 0 atom stereocenters. The van der Waals surface area contributed by atoms with Crippen LogP contribution in [0.2, 0.25) is 0 Å². The Kier molecular flexibility index (Phi) is 4.41. The van der Waals surface area contributed by atoms with E-state index < -0.39 is 17.3 Å². The summed E-state index contributed by atoms with van der Waals surface area (Å²) in [6.07, 6.45) is -2.94. The number of nitrogens with two attached hydrogens (primary N) is 1. The zero-order valence-electron chi connectivity index (χ0n) is 13.7. The van der Waals surface area contributed by atoms with Crippen LogP contribution in [0.15, 0.2) is 47.1 Å². The molecule has 0 aliphatic carbocycles. The number of nitrogens with zero attached hydrogens (tertiary/aromatic N) is 2. The Hall–Kier alpha value is -1.86. The summed E-state index contributed by atoms with van der Waals surface area (Å²) in [7, 11) is 0. The van der Waals surface area contributed by atoms with Gasteiger partial charge in [-0.05, 0) is 38.1 Å². The highest BCUT2D eigenvalue weighted by molar-refractivity contribution is 9.10. The normalized spacial score (nSPS) is 12.8. The quantitative estimate of drug-likeness (QED) is 0.654. The van der Waals surface area contributed by atoms with Gasteiger partial charge in [0.05, 0.1) is 17.0 Å². The lowest BCUT2D eigenvalue weighted by Gasteiger charge is -2.19. The first-order valence-electron chi connectivity index (χ1n) is 7.68. The number of imidazole rings is 1. The van der Waals surface area contributed by atoms with E-state index >= 15 is 0 Å². The van der Waals surface area contributed by atoms with Crippen LogP contribution >= 0.6 is 15.9 Å². The molecule has 2 aromatic heterocycles. The lowest BCUT2D eigenvalue weighted by molar-refractivity contribution is -0.137. The van der Waals surface area contributed by atoms with Gasteiger partial charge in [-0.2, -0.15) is 13.2 Å². The van der Waals surface area contributed by atoms with Gasteiger partial charge >= 0.3 is 6.18 Å². The molecule has 0 unspecified atom stereocenters. The largest absolute Gasteiger partial charge is 0.417 e. The average Bonchev–Trinajstić information content (AvgIpc) is 2.82. The van der Waals surface area contributed by atoms with Crippen LogP contribution < -0.4 is 5.73 Å². The second kappa shape index (κ2) is 6.14. The van der Waals surface area contributed by atoms with E-state index in [0.29, 0.717) is 23.5 Å². The van der Waals surface area contributed by atoms with E-state index in [1.807, 2.05) is 38.1 Å². The highest BCUT2D eigenvalue weighted by Gasteiger charge is 2.31. The Labute approximate surface area is 151 Å². The molecule has 7 heteroatoms. The van der Waals surface area contributed by atoms with Crippen molar-refractivity contribution in [2.45, 2.75) is 32.0 Å². The van der Waals surface area contributed by atoms with E-state index in [-0.39, 0.29) is 0 Å². The summed E-state index contributed by atoms with van der Waals surface area (Å²) in [5.74, 6) is 0. The van der Waals surface area contributed by atoms with Gasteiger partial charge in [0.2, 0.25) is 0 Å². The van der Waals surface area contributed by atoms with E-state index in [2.05, 4.69) is 20.9 Å². The Morgan fingerprint density at radius 2 is 1.88 bits per heavy atom. The Morgan fingerprint density at radius 3 is 2.48 bits per heavy atom. The molecule has 132 valence electrons. The maximum absolute atomic E-state index is 13.1. The van der Waals surface area contributed by atoms with Crippen molar-refractivity contribution < 1.29 is 13.2 Å². The van der Waals surface area contributed by atoms with Crippen molar-refractivity contribution in [1.29, 1.82) is 0 Å². The summed E-state index contributed by atoms with van der Waals surface area (Å²) in [5.41, 5.74) is 7.42. The van der Waals surface area contributed by atoms with E-state index in [1.165, 1.54) is 10.5 Å². The van der Waals surface area contributed by atoms with Gasteiger partial charge < -0.3 is 10.1 Å². The molecule has 2 heterocycles. The maximum atomic E-state index is 13.1. The van der Waals surface area contributed by atoms with Gasteiger partial charge in [0.15, 0.2) is 0 Å². The van der Waals surface area contributed by atoms with Gasteiger partial charge in [-0.3, -0.25) is 0 Å². The van der Waals surface area contributed by atoms with Gasteiger partial charge in [-0.15, -0.1) is 0 Å². The molecule has 0 saturated carbocycles. The lowest BCUT2D eigenvalue weighted by Crippen LogP contribution is -2.35. The maximum Gasteiger partial charge on any atom is 0.417 e. The van der Waals surface area contributed by atoms with E-state index in [1.54, 1.807) is 0 Å². The molecule has 2 N–H and O–H groups in total. The summed E-state index contributed by atoms with van der Waals surface area (Å²) in [6.45, 7) is 3.68. The fraction of sp³-hybridized carbons (Fsp3) is 0.278. The highest BCUT2D eigenvalue weighted by atomic mass is 79.9. The predicted octanol–water partition coefficient (Wildman–Crippen LogP) is 5.06. The van der Waals surface area contributed by atoms with Crippen molar-refractivity contribution in [2.75, 3.05) is 0 Å². The Morgan fingerprint density at radius 1 is 1.16 bits per heavy atom. The lowest BCUT2D eigenvalue weighted by atomic mass is 9.97. The number of aromatic nitrogens is 2. The fourth-order valence-electron chi connectivity index (χ4n) is 2.73. The van der Waals surface area contributed by atoms with Crippen molar-refractivity contribution in [3.8, 4) is 11.3 Å². The average molecular weight is 412 g/mol. The zero-order valence-corrected chi connectivity index (χ0v) is 15.3.